The Bertz CT molecular complexity index is 2960. The van der Waals surface area contributed by atoms with Crippen LogP contribution in [-0.4, -0.2) is 55.6 Å². The fourth-order valence-electron chi connectivity index (χ4n) is 14.9. The minimum absolute atomic E-state index is 0.492. The largest absolute Gasteiger partial charge is 0.337 e. The number of hydrogen-bond acceptors (Lipinski definition) is 8. The molecule has 0 unspecified atom stereocenters. The fourth-order valence-corrected chi connectivity index (χ4v) is 35.8. The van der Waals surface area contributed by atoms with E-state index in [0.717, 1.165) is 45.0 Å². The van der Waals surface area contributed by atoms with Crippen LogP contribution in [0.15, 0.2) is 141 Å². The monoisotopic (exact) mass is 1240 g/mol. The quantitative estimate of drug-likeness (QED) is 0.0625. The van der Waals surface area contributed by atoms with Crippen molar-refractivity contribution in [3.05, 3.63) is 143 Å². The Labute approximate surface area is 537 Å². The first kappa shape index (κ1) is 70.4. The van der Waals surface area contributed by atoms with Crippen LogP contribution in [0.5, 0.6) is 0 Å². The maximum absolute atomic E-state index is 5.07. The highest BCUT2D eigenvalue weighted by Crippen LogP contribution is 2.44. The standard InChI is InChI=1S/C76H106N8Si4/c1-51(2)85(52(3)4,53(5)6)47-43-63-25-33-67(34-26-63)77-73-74(78-68-35-27-64(28-36-68)44-48-86(54(7)8,55(9)10)56(11)12)82-71(81-73)41-42-72-83-75(79-69-37-29-65(30-38-69)45-49-87(57(13)14,58(15)16)59(17)18)76(84-72)80-70-39-31-66(32-40-70)46-50-88(60(19)20,61(21)22)62(23)24/h25-42,51-62H,1-24H3,(H,77,81)(H,78,82)(H,79,83)(H,80,84). The Morgan fingerprint density at radius 3 is 0.534 bits per heavy atom. The van der Waals surface area contributed by atoms with Crippen molar-refractivity contribution in [1.82, 2.24) is 0 Å². The third-order valence-corrected chi connectivity index (χ3v) is 44.6. The van der Waals surface area contributed by atoms with E-state index in [-0.39, 0.29) is 0 Å². The molecule has 466 valence electrons. The summed E-state index contributed by atoms with van der Waals surface area (Å²) in [6.45, 7) is 56.5. The Morgan fingerprint density at radius 1 is 0.250 bits per heavy atom. The molecule has 4 aromatic rings. The van der Waals surface area contributed by atoms with Gasteiger partial charge in [-0.1, -0.05) is 190 Å². The first-order chi connectivity index (χ1) is 41.4. The van der Waals surface area contributed by atoms with Gasteiger partial charge in [-0.25, -0.2) is 20.0 Å². The molecule has 4 N–H and O–H groups in total. The molecule has 6 rings (SSSR count). The van der Waals surface area contributed by atoms with Gasteiger partial charge in [-0.3, -0.25) is 0 Å². The number of rotatable bonds is 17. The van der Waals surface area contributed by atoms with Crippen LogP contribution in [0.3, 0.4) is 0 Å². The van der Waals surface area contributed by atoms with Gasteiger partial charge in [0.1, 0.15) is 32.3 Å². The number of nitrogens with zero attached hydrogens (tertiary/aromatic N) is 4. The fraction of sp³-hybridized carbons (Fsp3) is 0.474. The van der Waals surface area contributed by atoms with Crippen molar-refractivity contribution in [2.24, 2.45) is 20.0 Å². The second-order valence-electron chi connectivity index (χ2n) is 28.3. The van der Waals surface area contributed by atoms with Crippen LogP contribution >= 0.6 is 0 Å². The van der Waals surface area contributed by atoms with Crippen LogP contribution in [0.25, 0.3) is 0 Å². The lowest BCUT2D eigenvalue weighted by molar-refractivity contribution is 0.838. The van der Waals surface area contributed by atoms with Crippen LogP contribution in [0.4, 0.5) is 22.7 Å². The topological polar surface area (TPSA) is 97.6 Å². The maximum atomic E-state index is 5.07. The summed E-state index contributed by atoms with van der Waals surface area (Å²) >= 11 is 0. The first-order valence-corrected chi connectivity index (χ1v) is 41.7. The van der Waals surface area contributed by atoms with E-state index in [1.807, 2.05) is 12.2 Å². The van der Waals surface area contributed by atoms with Gasteiger partial charge in [0.2, 0.25) is 0 Å². The molecular weight excluding hydrogens is 1140 g/mol. The highest BCUT2D eigenvalue weighted by molar-refractivity contribution is 6.92. The van der Waals surface area contributed by atoms with E-state index in [0.29, 0.717) is 101 Å². The molecule has 0 amide bonds. The molecule has 0 atom stereocenters. The second-order valence-corrected chi connectivity index (χ2v) is 50.6. The van der Waals surface area contributed by atoms with Gasteiger partial charge in [0.05, 0.1) is 0 Å². The van der Waals surface area contributed by atoms with Crippen LogP contribution in [-0.2, 0) is 0 Å². The number of anilines is 4. The molecule has 0 radical (unpaired) electrons. The summed E-state index contributed by atoms with van der Waals surface area (Å²) in [5.74, 6) is 17.8. The van der Waals surface area contributed by atoms with Gasteiger partial charge in [0, 0.05) is 45.0 Å². The molecule has 0 aliphatic carbocycles. The minimum Gasteiger partial charge on any atom is -0.337 e. The molecule has 2 heterocycles. The number of benzene rings is 4. The Morgan fingerprint density at radius 2 is 0.398 bits per heavy atom. The number of allylic oxidation sites excluding steroid dienone is 2. The third-order valence-electron chi connectivity index (χ3n) is 19.5. The number of aliphatic imine (C=N–C) groups is 4. The average Bonchev–Trinajstić information content (AvgIpc) is 1.54. The van der Waals surface area contributed by atoms with Gasteiger partial charge in [0.15, 0.2) is 35.0 Å². The summed E-state index contributed by atoms with van der Waals surface area (Å²) in [6.07, 6.45) is 3.73. The van der Waals surface area contributed by atoms with Gasteiger partial charge in [0.25, 0.3) is 0 Å². The van der Waals surface area contributed by atoms with Gasteiger partial charge in [-0.2, -0.15) is 0 Å². The number of amidine groups is 4. The zero-order chi connectivity index (χ0) is 65.1. The molecule has 12 heteroatoms. The van der Waals surface area contributed by atoms with Crippen molar-refractivity contribution in [1.29, 1.82) is 0 Å². The summed E-state index contributed by atoms with van der Waals surface area (Å²) in [5.41, 5.74) is 29.7. The molecule has 0 spiro atoms. The number of nitrogens with one attached hydrogen (secondary N) is 4. The van der Waals surface area contributed by atoms with E-state index >= 15 is 0 Å². The molecule has 0 bridgehead atoms. The molecule has 2 aliphatic rings. The van der Waals surface area contributed by atoms with Gasteiger partial charge >= 0.3 is 0 Å². The molecule has 0 saturated carbocycles. The van der Waals surface area contributed by atoms with Crippen LogP contribution in [0.2, 0.25) is 66.5 Å². The summed E-state index contributed by atoms with van der Waals surface area (Å²) in [5, 5.41) is 14.4. The summed E-state index contributed by atoms with van der Waals surface area (Å²) < 4.78 is 0. The van der Waals surface area contributed by atoms with Crippen molar-refractivity contribution in [3.63, 3.8) is 0 Å². The smallest absolute Gasteiger partial charge is 0.176 e. The van der Waals surface area contributed by atoms with Crippen LogP contribution < -0.4 is 21.3 Å². The van der Waals surface area contributed by atoms with E-state index in [9.17, 15) is 0 Å². The van der Waals surface area contributed by atoms with E-state index in [1.54, 1.807) is 0 Å². The van der Waals surface area contributed by atoms with E-state index in [2.05, 4.69) is 330 Å². The highest BCUT2D eigenvalue weighted by Gasteiger charge is 2.45. The zero-order valence-electron chi connectivity index (χ0n) is 58.1. The van der Waals surface area contributed by atoms with Gasteiger partial charge in [-0.05, 0) is 176 Å². The molecule has 88 heavy (non-hydrogen) atoms. The number of hydrogen-bond donors (Lipinski definition) is 4. The molecule has 0 fully saturated rings. The Kier molecular flexibility index (Phi) is 24.2. The second kappa shape index (κ2) is 30.2. The van der Waals surface area contributed by atoms with Gasteiger partial charge < -0.3 is 21.3 Å². The van der Waals surface area contributed by atoms with Crippen LogP contribution in [0, 0.1) is 45.9 Å². The molecule has 4 aromatic carbocycles. The van der Waals surface area contributed by atoms with E-state index in [4.69, 9.17) is 20.0 Å². The van der Waals surface area contributed by atoms with Crippen molar-refractivity contribution in [2.45, 2.75) is 233 Å². The van der Waals surface area contributed by atoms with Crippen molar-refractivity contribution < 1.29 is 0 Å². The molecular formula is C76H106N8Si4. The van der Waals surface area contributed by atoms with Crippen molar-refractivity contribution in [2.75, 3.05) is 21.3 Å². The average molecular weight is 1240 g/mol. The minimum atomic E-state index is -1.90. The van der Waals surface area contributed by atoms with Crippen molar-refractivity contribution >= 4 is 78.4 Å². The lowest BCUT2D eigenvalue weighted by Gasteiger charge is -2.38. The van der Waals surface area contributed by atoms with Crippen LogP contribution in [0.1, 0.15) is 188 Å². The Hall–Kier alpha value is -6.65. The lowest BCUT2D eigenvalue weighted by Crippen LogP contribution is -2.43. The normalized spacial score (nSPS) is 13.9. The van der Waals surface area contributed by atoms with E-state index < -0.39 is 32.3 Å². The lowest BCUT2D eigenvalue weighted by atomic mass is 10.2. The van der Waals surface area contributed by atoms with Gasteiger partial charge in [-0.15, -0.1) is 22.2 Å². The van der Waals surface area contributed by atoms with E-state index in [1.165, 1.54) is 0 Å². The third kappa shape index (κ3) is 16.0. The SMILES string of the molecule is CC(C)[Si](C#Cc1ccc(NC2=NC(=CC=C3N=C(Nc4ccc(C#C[Si](C(C)C)(C(C)C)C(C)C)cc4)C(Nc4ccc(C#C[Si](C(C)C)(C(C)C)C(C)C)cc4)=N3)N=C2Nc2ccc(C#C[Si](C(C)C)(C(C)C)C(C)C)cc2)cc1)(C(C)C)C(C)C. The highest BCUT2D eigenvalue weighted by atomic mass is 28.3. The Balaban J connectivity index is 1.38. The first-order valence-electron chi connectivity index (χ1n) is 32.8. The molecule has 0 aromatic heterocycles. The zero-order valence-corrected chi connectivity index (χ0v) is 62.1. The summed E-state index contributed by atoms with van der Waals surface area (Å²) in [6, 6.07) is 33.4. The molecule has 0 saturated heterocycles. The summed E-state index contributed by atoms with van der Waals surface area (Å²) in [4.78, 5) is 20.3. The maximum Gasteiger partial charge on any atom is 0.176 e. The van der Waals surface area contributed by atoms with Crippen molar-refractivity contribution in [3.8, 4) is 45.9 Å². The summed E-state index contributed by atoms with van der Waals surface area (Å²) in [7, 11) is -7.61. The predicted octanol–water partition coefficient (Wildman–Crippen LogP) is 21.0. The predicted molar refractivity (Wildman–Crippen MR) is 398 cm³/mol. The molecule has 2 aliphatic heterocycles. The molecule has 8 nitrogen and oxygen atoms in total.